The van der Waals surface area contributed by atoms with Gasteiger partial charge in [-0.3, -0.25) is 14.4 Å². The average molecular weight is 345 g/mol. The summed E-state index contributed by atoms with van der Waals surface area (Å²) in [5.74, 6) is -0.744. The lowest BCUT2D eigenvalue weighted by Gasteiger charge is -2.16. The number of anilines is 1. The van der Waals surface area contributed by atoms with Crippen LogP contribution in [0.2, 0.25) is 0 Å². The van der Waals surface area contributed by atoms with Crippen molar-refractivity contribution in [2.75, 3.05) is 25.0 Å². The van der Waals surface area contributed by atoms with Gasteiger partial charge in [0.25, 0.3) is 5.91 Å². The summed E-state index contributed by atoms with van der Waals surface area (Å²) in [5.41, 5.74) is 0.928. The maximum Gasteiger partial charge on any atom is 0.253 e. The maximum absolute atomic E-state index is 12.5. The highest BCUT2D eigenvalue weighted by Gasteiger charge is 2.34. The molecule has 1 unspecified atom stereocenters. The van der Waals surface area contributed by atoms with Gasteiger partial charge < -0.3 is 15.5 Å². The first-order valence-corrected chi connectivity index (χ1v) is 9.02. The predicted octanol–water partition coefficient (Wildman–Crippen LogP) is 2.41. The number of nitrogens with zero attached hydrogens (tertiary/aromatic N) is 1. The highest BCUT2D eigenvalue weighted by Crippen LogP contribution is 2.22. The van der Waals surface area contributed by atoms with Gasteiger partial charge in [-0.2, -0.15) is 0 Å². The number of unbranched alkanes of at least 4 members (excludes halogenated alkanes) is 1. The Labute approximate surface area is 149 Å². The minimum atomic E-state index is -0.365. The van der Waals surface area contributed by atoms with E-state index in [0.29, 0.717) is 30.9 Å². The summed E-state index contributed by atoms with van der Waals surface area (Å²) in [6, 6.07) is 6.94. The van der Waals surface area contributed by atoms with E-state index in [1.807, 2.05) is 6.92 Å². The second-order valence-corrected chi connectivity index (χ2v) is 6.39. The Kier molecular flexibility index (Phi) is 6.98. The van der Waals surface area contributed by atoms with E-state index in [2.05, 4.69) is 17.6 Å². The SMILES string of the molecule is CCCCN1CC(C(=O)Nc2ccccc2C(=O)NCCC)CC1=O. The van der Waals surface area contributed by atoms with Crippen molar-refractivity contribution in [1.29, 1.82) is 0 Å². The second kappa shape index (κ2) is 9.20. The number of amides is 3. The van der Waals surface area contributed by atoms with Crippen molar-refractivity contribution < 1.29 is 14.4 Å². The van der Waals surface area contributed by atoms with Crippen LogP contribution < -0.4 is 10.6 Å². The van der Waals surface area contributed by atoms with E-state index >= 15 is 0 Å². The molecule has 1 saturated heterocycles. The molecule has 1 aromatic carbocycles. The largest absolute Gasteiger partial charge is 0.352 e. The molecule has 1 aromatic rings. The molecular weight excluding hydrogens is 318 g/mol. The lowest BCUT2D eigenvalue weighted by molar-refractivity contribution is -0.128. The predicted molar refractivity (Wildman–Crippen MR) is 97.3 cm³/mol. The van der Waals surface area contributed by atoms with Crippen molar-refractivity contribution in [2.24, 2.45) is 5.92 Å². The van der Waals surface area contributed by atoms with E-state index in [1.54, 1.807) is 29.2 Å². The number of rotatable bonds is 8. The highest BCUT2D eigenvalue weighted by atomic mass is 16.2. The first kappa shape index (κ1) is 19.0. The molecule has 25 heavy (non-hydrogen) atoms. The average Bonchev–Trinajstić information content (AvgIpc) is 2.99. The normalized spacial score (nSPS) is 16.8. The third kappa shape index (κ3) is 5.05. The number of benzene rings is 1. The fraction of sp³-hybridized carbons (Fsp3) is 0.526. The molecule has 0 aromatic heterocycles. The zero-order valence-electron chi connectivity index (χ0n) is 15.0. The Morgan fingerprint density at radius 3 is 2.68 bits per heavy atom. The summed E-state index contributed by atoms with van der Waals surface area (Å²) in [6.45, 7) is 5.80. The molecule has 1 fully saturated rings. The number of hydrogen-bond donors (Lipinski definition) is 2. The zero-order chi connectivity index (χ0) is 18.2. The van der Waals surface area contributed by atoms with Gasteiger partial charge in [0.15, 0.2) is 0 Å². The monoisotopic (exact) mass is 345 g/mol. The molecule has 0 radical (unpaired) electrons. The Morgan fingerprint density at radius 2 is 1.96 bits per heavy atom. The Bertz CT molecular complexity index is 630. The Hall–Kier alpha value is -2.37. The van der Waals surface area contributed by atoms with Gasteiger partial charge in [-0.1, -0.05) is 32.4 Å². The van der Waals surface area contributed by atoms with Gasteiger partial charge in [-0.05, 0) is 25.0 Å². The zero-order valence-corrected chi connectivity index (χ0v) is 15.0. The molecule has 6 heteroatoms. The van der Waals surface area contributed by atoms with Gasteiger partial charge in [0.05, 0.1) is 17.2 Å². The maximum atomic E-state index is 12.5. The first-order valence-electron chi connectivity index (χ1n) is 9.02. The summed E-state index contributed by atoms with van der Waals surface area (Å²) >= 11 is 0. The van der Waals surface area contributed by atoms with Crippen LogP contribution in [0.25, 0.3) is 0 Å². The van der Waals surface area contributed by atoms with Gasteiger partial charge in [0, 0.05) is 26.1 Å². The molecule has 0 bridgehead atoms. The van der Waals surface area contributed by atoms with E-state index in [1.165, 1.54) is 0 Å². The minimum Gasteiger partial charge on any atom is -0.352 e. The van der Waals surface area contributed by atoms with Crippen molar-refractivity contribution >= 4 is 23.4 Å². The van der Waals surface area contributed by atoms with Crippen molar-refractivity contribution in [3.05, 3.63) is 29.8 Å². The molecule has 136 valence electrons. The molecule has 1 aliphatic heterocycles. The van der Waals surface area contributed by atoms with Crippen LogP contribution in [0.5, 0.6) is 0 Å². The molecule has 2 N–H and O–H groups in total. The van der Waals surface area contributed by atoms with Crippen LogP contribution in [0.3, 0.4) is 0 Å². The van der Waals surface area contributed by atoms with Crippen LogP contribution in [-0.2, 0) is 9.59 Å². The number of carbonyl (C=O) groups is 3. The smallest absolute Gasteiger partial charge is 0.253 e. The van der Waals surface area contributed by atoms with Crippen LogP contribution >= 0.6 is 0 Å². The number of likely N-dealkylation sites (tertiary alicyclic amines) is 1. The fourth-order valence-electron chi connectivity index (χ4n) is 2.87. The van der Waals surface area contributed by atoms with Crippen LogP contribution in [0.15, 0.2) is 24.3 Å². The molecule has 0 saturated carbocycles. The summed E-state index contributed by atoms with van der Waals surface area (Å²) in [6.07, 6.45) is 3.04. The molecule has 1 heterocycles. The number of carbonyl (C=O) groups excluding carboxylic acids is 3. The molecule has 2 rings (SSSR count). The lowest BCUT2D eigenvalue weighted by atomic mass is 10.1. The summed E-state index contributed by atoms with van der Waals surface area (Å²) in [5, 5.41) is 5.64. The van der Waals surface area contributed by atoms with Crippen molar-refractivity contribution in [3.8, 4) is 0 Å². The van der Waals surface area contributed by atoms with Crippen LogP contribution in [0.1, 0.15) is 49.9 Å². The van der Waals surface area contributed by atoms with E-state index in [9.17, 15) is 14.4 Å². The van der Waals surface area contributed by atoms with E-state index in [0.717, 1.165) is 19.3 Å². The van der Waals surface area contributed by atoms with Crippen molar-refractivity contribution in [2.45, 2.75) is 39.5 Å². The van der Waals surface area contributed by atoms with Crippen LogP contribution in [-0.4, -0.2) is 42.3 Å². The van der Waals surface area contributed by atoms with Crippen LogP contribution in [0.4, 0.5) is 5.69 Å². The van der Waals surface area contributed by atoms with E-state index in [4.69, 9.17) is 0 Å². The standard InChI is InChI=1S/C19H27N3O3/c1-3-5-11-22-13-14(12-17(22)23)18(24)21-16-9-7-6-8-15(16)19(25)20-10-4-2/h6-9,14H,3-5,10-13H2,1-2H3,(H,20,25)(H,21,24). The molecule has 0 spiro atoms. The first-order chi connectivity index (χ1) is 12.1. The van der Waals surface area contributed by atoms with Gasteiger partial charge in [0.1, 0.15) is 0 Å². The van der Waals surface area contributed by atoms with Gasteiger partial charge in [-0.25, -0.2) is 0 Å². The van der Waals surface area contributed by atoms with Crippen LogP contribution in [0, 0.1) is 5.92 Å². The van der Waals surface area contributed by atoms with Gasteiger partial charge >= 0.3 is 0 Å². The summed E-state index contributed by atoms with van der Waals surface area (Å²) < 4.78 is 0. The fourth-order valence-corrected chi connectivity index (χ4v) is 2.87. The second-order valence-electron chi connectivity index (χ2n) is 6.39. The van der Waals surface area contributed by atoms with Crippen molar-refractivity contribution in [1.82, 2.24) is 10.2 Å². The molecule has 0 aliphatic carbocycles. The number of hydrogen-bond acceptors (Lipinski definition) is 3. The molecule has 1 atom stereocenters. The number of nitrogens with one attached hydrogen (secondary N) is 2. The Morgan fingerprint density at radius 1 is 1.20 bits per heavy atom. The molecular formula is C19H27N3O3. The van der Waals surface area contributed by atoms with E-state index < -0.39 is 0 Å². The quantitative estimate of drug-likeness (QED) is 0.759. The summed E-state index contributed by atoms with van der Waals surface area (Å²) in [4.78, 5) is 38.6. The summed E-state index contributed by atoms with van der Waals surface area (Å²) in [7, 11) is 0. The third-order valence-electron chi connectivity index (χ3n) is 4.33. The lowest BCUT2D eigenvalue weighted by Crippen LogP contribution is -2.30. The Balaban J connectivity index is 2.01. The third-order valence-corrected chi connectivity index (χ3v) is 4.33. The molecule has 1 aliphatic rings. The van der Waals surface area contributed by atoms with Crippen molar-refractivity contribution in [3.63, 3.8) is 0 Å². The van der Waals surface area contributed by atoms with Gasteiger partial charge in [0.2, 0.25) is 11.8 Å². The topological polar surface area (TPSA) is 78.5 Å². The molecule has 3 amide bonds. The highest BCUT2D eigenvalue weighted by molar-refractivity contribution is 6.05. The van der Waals surface area contributed by atoms with E-state index in [-0.39, 0.29) is 30.1 Å². The number of para-hydroxylation sites is 1. The molecule has 6 nitrogen and oxygen atoms in total. The minimum absolute atomic E-state index is 0.0302. The van der Waals surface area contributed by atoms with Gasteiger partial charge in [-0.15, -0.1) is 0 Å².